The van der Waals surface area contributed by atoms with Gasteiger partial charge in [0.05, 0.1) is 12.0 Å². The van der Waals surface area contributed by atoms with Crippen molar-refractivity contribution >= 4 is 5.91 Å². The minimum atomic E-state index is -0.462. The Balaban J connectivity index is 2.11. The molecule has 1 amide bonds. The zero-order valence-electron chi connectivity index (χ0n) is 11.6. The molecule has 5 nitrogen and oxygen atoms in total. The molecule has 1 heterocycles. The summed E-state index contributed by atoms with van der Waals surface area (Å²) >= 11 is 0. The summed E-state index contributed by atoms with van der Waals surface area (Å²) in [5, 5.41) is 9.25. The largest absolute Gasteiger partial charge is 0.395 e. The maximum atomic E-state index is 12.9. The van der Waals surface area contributed by atoms with E-state index >= 15 is 0 Å². The van der Waals surface area contributed by atoms with Crippen molar-refractivity contribution in [2.75, 3.05) is 32.9 Å². The molecule has 2 rings (SSSR count). The third-order valence-corrected chi connectivity index (χ3v) is 4.66. The van der Waals surface area contributed by atoms with E-state index in [0.717, 1.165) is 12.8 Å². The van der Waals surface area contributed by atoms with Gasteiger partial charge in [-0.25, -0.2) is 0 Å². The topological polar surface area (TPSA) is 75.8 Å². The number of carbonyl (C=O) groups excluding carboxylic acids is 1. The van der Waals surface area contributed by atoms with Crippen LogP contribution in [0, 0.1) is 5.41 Å². The lowest BCUT2D eigenvalue weighted by Crippen LogP contribution is -2.54. The van der Waals surface area contributed by atoms with E-state index in [1.54, 1.807) is 0 Å². The Labute approximate surface area is 115 Å². The van der Waals surface area contributed by atoms with Crippen LogP contribution in [-0.2, 0) is 9.53 Å². The predicted molar refractivity (Wildman–Crippen MR) is 72.6 cm³/mol. The summed E-state index contributed by atoms with van der Waals surface area (Å²) in [4.78, 5) is 14.8. The van der Waals surface area contributed by atoms with Crippen LogP contribution in [0.15, 0.2) is 0 Å². The number of ether oxygens (including phenoxy) is 1. The minimum Gasteiger partial charge on any atom is -0.395 e. The first-order valence-electron chi connectivity index (χ1n) is 7.43. The van der Waals surface area contributed by atoms with E-state index in [2.05, 4.69) is 0 Å². The Morgan fingerprint density at radius 3 is 2.47 bits per heavy atom. The molecule has 3 N–H and O–H groups in total. The fraction of sp³-hybridized carbons (Fsp3) is 0.929. The van der Waals surface area contributed by atoms with Crippen molar-refractivity contribution in [1.82, 2.24) is 4.90 Å². The molecule has 0 aromatic heterocycles. The SMILES string of the molecule is NCC1(C(=O)N(CCO)C2CCCC2)CCOCC1. The number of nitrogens with two attached hydrogens (primary N) is 1. The van der Waals surface area contributed by atoms with Crippen LogP contribution in [0.25, 0.3) is 0 Å². The molecule has 1 aliphatic carbocycles. The van der Waals surface area contributed by atoms with Crippen molar-refractivity contribution < 1.29 is 14.6 Å². The smallest absolute Gasteiger partial charge is 0.230 e. The van der Waals surface area contributed by atoms with Crippen LogP contribution in [0.4, 0.5) is 0 Å². The van der Waals surface area contributed by atoms with E-state index in [0.29, 0.717) is 45.2 Å². The molecule has 0 unspecified atom stereocenters. The number of rotatable bonds is 5. The Morgan fingerprint density at radius 2 is 1.95 bits per heavy atom. The van der Waals surface area contributed by atoms with Gasteiger partial charge in [0, 0.05) is 32.3 Å². The van der Waals surface area contributed by atoms with Gasteiger partial charge in [-0.2, -0.15) is 0 Å². The standard InChI is InChI=1S/C14H26N2O3/c15-11-14(5-9-19-10-6-14)13(18)16(7-8-17)12-3-1-2-4-12/h12,17H,1-11,15H2. The van der Waals surface area contributed by atoms with E-state index in [4.69, 9.17) is 10.5 Å². The molecule has 19 heavy (non-hydrogen) atoms. The fourth-order valence-electron chi connectivity index (χ4n) is 3.35. The first-order valence-corrected chi connectivity index (χ1v) is 7.43. The van der Waals surface area contributed by atoms with Gasteiger partial charge in [-0.3, -0.25) is 4.79 Å². The van der Waals surface area contributed by atoms with Gasteiger partial charge < -0.3 is 20.5 Å². The molecule has 2 fully saturated rings. The van der Waals surface area contributed by atoms with Crippen molar-refractivity contribution in [3.63, 3.8) is 0 Å². The zero-order chi connectivity index (χ0) is 13.7. The lowest BCUT2D eigenvalue weighted by molar-refractivity contribution is -0.150. The molecule has 0 aromatic carbocycles. The zero-order valence-corrected chi connectivity index (χ0v) is 11.6. The summed E-state index contributed by atoms with van der Waals surface area (Å²) in [6, 6.07) is 0.297. The maximum Gasteiger partial charge on any atom is 0.230 e. The lowest BCUT2D eigenvalue weighted by Gasteiger charge is -2.41. The highest BCUT2D eigenvalue weighted by Gasteiger charge is 2.43. The Bertz CT molecular complexity index is 297. The number of carbonyl (C=O) groups is 1. The van der Waals surface area contributed by atoms with Gasteiger partial charge in [0.25, 0.3) is 0 Å². The van der Waals surface area contributed by atoms with Gasteiger partial charge in [-0.15, -0.1) is 0 Å². The second-order valence-electron chi connectivity index (χ2n) is 5.76. The molecule has 2 aliphatic rings. The van der Waals surface area contributed by atoms with Crippen LogP contribution in [0.1, 0.15) is 38.5 Å². The maximum absolute atomic E-state index is 12.9. The van der Waals surface area contributed by atoms with Gasteiger partial charge in [0.2, 0.25) is 5.91 Å². The molecule has 0 spiro atoms. The van der Waals surface area contributed by atoms with Gasteiger partial charge in [-0.05, 0) is 25.7 Å². The molecule has 1 aliphatic heterocycles. The Hall–Kier alpha value is -0.650. The second-order valence-corrected chi connectivity index (χ2v) is 5.76. The number of hydrogen-bond donors (Lipinski definition) is 2. The molecule has 0 bridgehead atoms. The lowest BCUT2D eigenvalue weighted by atomic mass is 9.78. The predicted octanol–water partition coefficient (Wildman–Crippen LogP) is 0.505. The van der Waals surface area contributed by atoms with Gasteiger partial charge in [0.1, 0.15) is 0 Å². The van der Waals surface area contributed by atoms with Crippen molar-refractivity contribution in [2.24, 2.45) is 11.1 Å². The summed E-state index contributed by atoms with van der Waals surface area (Å²) in [6.45, 7) is 2.07. The van der Waals surface area contributed by atoms with E-state index in [1.165, 1.54) is 12.8 Å². The van der Waals surface area contributed by atoms with Crippen molar-refractivity contribution in [2.45, 2.75) is 44.6 Å². The number of hydrogen-bond acceptors (Lipinski definition) is 4. The highest BCUT2D eigenvalue weighted by Crippen LogP contribution is 2.34. The number of aliphatic hydroxyl groups is 1. The highest BCUT2D eigenvalue weighted by molar-refractivity contribution is 5.83. The Kier molecular flexibility index (Phi) is 5.19. The summed E-state index contributed by atoms with van der Waals surface area (Å²) in [5.41, 5.74) is 5.44. The van der Waals surface area contributed by atoms with Crippen molar-refractivity contribution in [3.8, 4) is 0 Å². The molecule has 0 aromatic rings. The molecule has 1 saturated heterocycles. The number of nitrogens with zero attached hydrogens (tertiary/aromatic N) is 1. The van der Waals surface area contributed by atoms with Crippen molar-refractivity contribution in [3.05, 3.63) is 0 Å². The van der Waals surface area contributed by atoms with Gasteiger partial charge in [0.15, 0.2) is 0 Å². The summed E-state index contributed by atoms with van der Waals surface area (Å²) in [7, 11) is 0. The molecule has 110 valence electrons. The molecule has 0 atom stereocenters. The number of amides is 1. The van der Waals surface area contributed by atoms with Crippen LogP contribution in [0.5, 0.6) is 0 Å². The van der Waals surface area contributed by atoms with E-state index in [9.17, 15) is 9.90 Å². The van der Waals surface area contributed by atoms with Crippen LogP contribution in [-0.4, -0.2) is 54.9 Å². The van der Waals surface area contributed by atoms with Crippen LogP contribution >= 0.6 is 0 Å². The number of aliphatic hydroxyl groups excluding tert-OH is 1. The molecule has 0 radical (unpaired) electrons. The first kappa shape index (κ1) is 14.8. The second kappa shape index (κ2) is 6.68. The van der Waals surface area contributed by atoms with E-state index in [-0.39, 0.29) is 12.5 Å². The van der Waals surface area contributed by atoms with Gasteiger partial charge in [-0.1, -0.05) is 12.8 Å². The van der Waals surface area contributed by atoms with Crippen LogP contribution in [0.3, 0.4) is 0 Å². The minimum absolute atomic E-state index is 0.0272. The summed E-state index contributed by atoms with van der Waals surface area (Å²) in [5.74, 6) is 0.138. The Morgan fingerprint density at radius 1 is 1.32 bits per heavy atom. The first-order chi connectivity index (χ1) is 9.23. The summed E-state index contributed by atoms with van der Waals surface area (Å²) in [6.07, 6.45) is 5.89. The molecule has 1 saturated carbocycles. The monoisotopic (exact) mass is 270 g/mol. The third kappa shape index (κ3) is 3.09. The van der Waals surface area contributed by atoms with Crippen LogP contribution < -0.4 is 5.73 Å². The summed E-state index contributed by atoms with van der Waals surface area (Å²) < 4.78 is 5.37. The van der Waals surface area contributed by atoms with Gasteiger partial charge >= 0.3 is 0 Å². The molecular weight excluding hydrogens is 244 g/mol. The fourth-order valence-corrected chi connectivity index (χ4v) is 3.35. The van der Waals surface area contributed by atoms with Crippen LogP contribution in [0.2, 0.25) is 0 Å². The third-order valence-electron chi connectivity index (χ3n) is 4.66. The average molecular weight is 270 g/mol. The normalized spacial score (nSPS) is 23.5. The van der Waals surface area contributed by atoms with Crippen molar-refractivity contribution in [1.29, 1.82) is 0 Å². The quantitative estimate of drug-likeness (QED) is 0.763. The molecule has 5 heteroatoms. The van der Waals surface area contributed by atoms with E-state index < -0.39 is 5.41 Å². The van der Waals surface area contributed by atoms with E-state index in [1.807, 2.05) is 4.90 Å². The average Bonchev–Trinajstić information content (AvgIpc) is 2.98. The highest BCUT2D eigenvalue weighted by atomic mass is 16.5. The molecular formula is C14H26N2O3.